The van der Waals surface area contributed by atoms with Gasteiger partial charge < -0.3 is 15.0 Å². The molecule has 1 atom stereocenters. The second-order valence-electron chi connectivity index (χ2n) is 7.93. The molecule has 1 aromatic heterocycles. The molecular formula is C24H24ClN5O4. The fourth-order valence-corrected chi connectivity index (χ4v) is 4.04. The van der Waals surface area contributed by atoms with Crippen molar-refractivity contribution in [3.8, 4) is 5.69 Å². The minimum atomic E-state index is -0.557. The average molecular weight is 482 g/mol. The highest BCUT2D eigenvalue weighted by Crippen LogP contribution is 2.24. The Balaban J connectivity index is 1.49. The average Bonchev–Trinajstić information content (AvgIpc) is 3.53. The first-order valence-corrected chi connectivity index (χ1v) is 11.2. The van der Waals surface area contributed by atoms with Crippen molar-refractivity contribution < 1.29 is 19.1 Å². The number of halogens is 1. The van der Waals surface area contributed by atoms with Crippen LogP contribution in [-0.4, -0.2) is 57.4 Å². The lowest BCUT2D eigenvalue weighted by Crippen LogP contribution is -2.46. The number of carbonyl (C=O) groups is 3. The van der Waals surface area contributed by atoms with Crippen molar-refractivity contribution in [2.75, 3.05) is 13.7 Å². The van der Waals surface area contributed by atoms with Gasteiger partial charge in [-0.25, -0.2) is 4.68 Å². The smallest absolute Gasteiger partial charge is 0.311 e. The van der Waals surface area contributed by atoms with Crippen molar-refractivity contribution in [3.05, 3.63) is 76.6 Å². The van der Waals surface area contributed by atoms with Gasteiger partial charge in [-0.1, -0.05) is 41.1 Å². The van der Waals surface area contributed by atoms with Crippen molar-refractivity contribution in [1.82, 2.24) is 25.2 Å². The van der Waals surface area contributed by atoms with E-state index in [0.29, 0.717) is 41.5 Å². The Morgan fingerprint density at radius 1 is 1.15 bits per heavy atom. The second kappa shape index (κ2) is 10.5. The molecule has 1 aliphatic heterocycles. The number of carbonyl (C=O) groups excluding carboxylic acids is 3. The van der Waals surface area contributed by atoms with E-state index in [1.165, 1.54) is 11.8 Å². The molecule has 0 saturated carbocycles. The highest BCUT2D eigenvalue weighted by atomic mass is 35.5. The molecule has 0 aliphatic carbocycles. The SMILES string of the molecule is COC(=O)Cc1cn(-c2ccccc2C(=O)N2CCC[C@H]2C(=O)NCc2ccc(Cl)cc2)nn1. The van der Waals surface area contributed by atoms with E-state index in [0.717, 1.165) is 12.0 Å². The molecule has 4 rings (SSSR count). The van der Waals surface area contributed by atoms with Gasteiger partial charge in [0, 0.05) is 18.1 Å². The van der Waals surface area contributed by atoms with E-state index in [9.17, 15) is 14.4 Å². The monoisotopic (exact) mass is 481 g/mol. The van der Waals surface area contributed by atoms with Crippen LogP contribution >= 0.6 is 11.6 Å². The largest absolute Gasteiger partial charge is 0.469 e. The van der Waals surface area contributed by atoms with E-state index in [1.807, 2.05) is 12.1 Å². The molecule has 2 heterocycles. The van der Waals surface area contributed by atoms with Gasteiger partial charge >= 0.3 is 5.97 Å². The first-order chi connectivity index (χ1) is 16.5. The minimum absolute atomic E-state index is 0.0192. The molecule has 2 aromatic carbocycles. The zero-order chi connectivity index (χ0) is 24.1. The number of amides is 2. The highest BCUT2D eigenvalue weighted by Gasteiger charge is 2.35. The van der Waals surface area contributed by atoms with Crippen LogP contribution in [0.25, 0.3) is 5.69 Å². The van der Waals surface area contributed by atoms with Gasteiger partial charge in [0.1, 0.15) is 6.04 Å². The molecular weight excluding hydrogens is 458 g/mol. The minimum Gasteiger partial charge on any atom is -0.469 e. The van der Waals surface area contributed by atoms with Gasteiger partial charge in [0.25, 0.3) is 5.91 Å². The van der Waals surface area contributed by atoms with Crippen molar-refractivity contribution in [2.24, 2.45) is 0 Å². The third kappa shape index (κ3) is 5.26. The Morgan fingerprint density at radius 3 is 2.68 bits per heavy atom. The maximum Gasteiger partial charge on any atom is 0.311 e. The molecule has 1 N–H and O–H groups in total. The van der Waals surface area contributed by atoms with E-state index < -0.39 is 12.0 Å². The summed E-state index contributed by atoms with van der Waals surface area (Å²) >= 11 is 5.92. The Hall–Kier alpha value is -3.72. The number of rotatable bonds is 7. The molecule has 2 amide bonds. The number of nitrogens with zero attached hydrogens (tertiary/aromatic N) is 4. The number of hydrogen-bond acceptors (Lipinski definition) is 6. The molecule has 0 radical (unpaired) electrons. The summed E-state index contributed by atoms with van der Waals surface area (Å²) < 4.78 is 6.12. The van der Waals surface area contributed by atoms with Crippen LogP contribution in [0.5, 0.6) is 0 Å². The molecule has 176 valence electrons. The summed E-state index contributed by atoms with van der Waals surface area (Å²) in [6, 6.07) is 13.7. The molecule has 0 bridgehead atoms. The third-order valence-corrected chi connectivity index (χ3v) is 5.92. The van der Waals surface area contributed by atoms with Crippen LogP contribution in [0.1, 0.15) is 34.5 Å². The van der Waals surface area contributed by atoms with E-state index in [-0.39, 0.29) is 18.2 Å². The van der Waals surface area contributed by atoms with Crippen molar-refractivity contribution in [2.45, 2.75) is 31.8 Å². The van der Waals surface area contributed by atoms with E-state index in [4.69, 9.17) is 11.6 Å². The van der Waals surface area contributed by atoms with Gasteiger partial charge in [0.2, 0.25) is 5.91 Å². The fourth-order valence-electron chi connectivity index (χ4n) is 3.92. The molecule has 3 aromatic rings. The number of likely N-dealkylation sites (tertiary alicyclic amines) is 1. The molecule has 34 heavy (non-hydrogen) atoms. The van der Waals surface area contributed by atoms with Gasteiger partial charge in [-0.15, -0.1) is 5.10 Å². The van der Waals surface area contributed by atoms with Crippen LogP contribution in [-0.2, 0) is 27.3 Å². The second-order valence-corrected chi connectivity index (χ2v) is 8.36. The molecule has 9 nitrogen and oxygen atoms in total. The quantitative estimate of drug-likeness (QED) is 0.520. The van der Waals surface area contributed by atoms with Gasteiger partial charge in [-0.05, 0) is 42.7 Å². The first kappa shape index (κ1) is 23.4. The Bertz CT molecular complexity index is 1190. The van der Waals surface area contributed by atoms with Crippen LogP contribution in [0.3, 0.4) is 0 Å². The Kier molecular flexibility index (Phi) is 7.22. The van der Waals surface area contributed by atoms with Gasteiger partial charge in [0.05, 0.1) is 36.7 Å². The highest BCUT2D eigenvalue weighted by molar-refractivity contribution is 6.30. The topological polar surface area (TPSA) is 106 Å². The lowest BCUT2D eigenvalue weighted by Gasteiger charge is -2.25. The lowest BCUT2D eigenvalue weighted by molar-refractivity contribution is -0.139. The van der Waals surface area contributed by atoms with Crippen molar-refractivity contribution >= 4 is 29.4 Å². The van der Waals surface area contributed by atoms with E-state index >= 15 is 0 Å². The van der Waals surface area contributed by atoms with Gasteiger partial charge in [0.15, 0.2) is 0 Å². The molecule has 1 aliphatic rings. The van der Waals surface area contributed by atoms with Crippen molar-refractivity contribution in [3.63, 3.8) is 0 Å². The summed E-state index contributed by atoms with van der Waals surface area (Å²) in [6.45, 7) is 0.837. The number of methoxy groups -OCH3 is 1. The number of esters is 1. The Morgan fingerprint density at radius 2 is 1.91 bits per heavy atom. The molecule has 0 spiro atoms. The molecule has 1 saturated heterocycles. The summed E-state index contributed by atoms with van der Waals surface area (Å²) in [5, 5.41) is 11.6. The number of para-hydroxylation sites is 1. The molecule has 1 fully saturated rings. The summed E-state index contributed by atoms with van der Waals surface area (Å²) in [4.78, 5) is 39.5. The molecule has 0 unspecified atom stereocenters. The number of aromatic nitrogens is 3. The van der Waals surface area contributed by atoms with Crippen molar-refractivity contribution in [1.29, 1.82) is 0 Å². The predicted molar refractivity (Wildman–Crippen MR) is 124 cm³/mol. The fraction of sp³-hybridized carbons (Fsp3) is 0.292. The standard InChI is InChI=1S/C24H24ClN5O4/c1-34-22(31)13-18-15-30(28-27-18)20-6-3-2-5-19(20)24(33)29-12-4-7-21(29)23(32)26-14-16-8-10-17(25)11-9-16/h2-3,5-6,8-11,15,21H,4,7,12-14H2,1H3,(H,26,32)/t21-/m0/s1. The normalized spacial score (nSPS) is 15.2. The first-order valence-electron chi connectivity index (χ1n) is 10.9. The van der Waals surface area contributed by atoms with Crippen LogP contribution < -0.4 is 5.32 Å². The zero-order valence-electron chi connectivity index (χ0n) is 18.6. The van der Waals surface area contributed by atoms with Crippen LogP contribution in [0.15, 0.2) is 54.7 Å². The molecule has 10 heteroatoms. The van der Waals surface area contributed by atoms with Crippen LogP contribution in [0.4, 0.5) is 0 Å². The summed E-state index contributed by atoms with van der Waals surface area (Å²) in [5.74, 6) is -0.884. The summed E-state index contributed by atoms with van der Waals surface area (Å²) in [5.41, 5.74) is 2.26. The zero-order valence-corrected chi connectivity index (χ0v) is 19.4. The van der Waals surface area contributed by atoms with Gasteiger partial charge in [-0.3, -0.25) is 14.4 Å². The summed E-state index contributed by atoms with van der Waals surface area (Å²) in [6.07, 6.45) is 2.89. The van der Waals surface area contributed by atoms with E-state index in [1.54, 1.807) is 47.5 Å². The number of nitrogens with one attached hydrogen (secondary N) is 1. The third-order valence-electron chi connectivity index (χ3n) is 5.67. The van der Waals surface area contributed by atoms with Crippen LogP contribution in [0.2, 0.25) is 5.02 Å². The van der Waals surface area contributed by atoms with Crippen LogP contribution in [0, 0.1) is 0 Å². The summed E-state index contributed by atoms with van der Waals surface area (Å²) in [7, 11) is 1.30. The number of benzene rings is 2. The number of hydrogen-bond donors (Lipinski definition) is 1. The maximum atomic E-state index is 13.5. The Labute approximate surface area is 201 Å². The van der Waals surface area contributed by atoms with E-state index in [2.05, 4.69) is 20.4 Å². The van der Waals surface area contributed by atoms with Gasteiger partial charge in [-0.2, -0.15) is 0 Å². The maximum absolute atomic E-state index is 13.5. The predicted octanol–water partition coefficient (Wildman–Crippen LogP) is 2.56. The lowest BCUT2D eigenvalue weighted by atomic mass is 10.1. The number of ether oxygens (including phenoxy) is 1.